The number of carbonyl (C=O) groups excluding carboxylic acids is 1. The molecular formula is C18H17ClN2O3. The molecule has 0 amide bonds. The van der Waals surface area contributed by atoms with Gasteiger partial charge in [0, 0.05) is 45.0 Å². The first-order chi connectivity index (χ1) is 11.5. The number of esters is 1. The lowest BCUT2D eigenvalue weighted by Crippen LogP contribution is -2.12. The largest absolute Gasteiger partial charge is 0.481 e. The van der Waals surface area contributed by atoms with Crippen molar-refractivity contribution in [2.45, 2.75) is 13.5 Å². The zero-order valence-electron chi connectivity index (χ0n) is 13.7. The van der Waals surface area contributed by atoms with E-state index in [2.05, 4.69) is 4.98 Å². The van der Waals surface area contributed by atoms with E-state index in [1.807, 2.05) is 41.8 Å². The highest BCUT2D eigenvalue weighted by atomic mass is 35.5. The highest BCUT2D eigenvalue weighted by molar-refractivity contribution is 6.31. The molecule has 0 aliphatic heterocycles. The molecular weight excluding hydrogens is 328 g/mol. The summed E-state index contributed by atoms with van der Waals surface area (Å²) in [5.74, 6) is 0.247. The minimum absolute atomic E-state index is 0.143. The van der Waals surface area contributed by atoms with Crippen molar-refractivity contribution in [2.24, 2.45) is 0 Å². The third-order valence-electron chi connectivity index (χ3n) is 4.03. The Labute approximate surface area is 144 Å². The van der Waals surface area contributed by atoms with Gasteiger partial charge in [0.2, 0.25) is 5.88 Å². The average Bonchev–Trinajstić information content (AvgIpc) is 2.86. The maximum atomic E-state index is 11.8. The smallest absolute Gasteiger partial charge is 0.325 e. The maximum Gasteiger partial charge on any atom is 0.325 e. The van der Waals surface area contributed by atoms with Crippen molar-refractivity contribution in [2.75, 3.05) is 14.2 Å². The van der Waals surface area contributed by atoms with Crippen molar-refractivity contribution in [3.05, 3.63) is 47.2 Å². The van der Waals surface area contributed by atoms with Gasteiger partial charge in [-0.25, -0.2) is 4.98 Å². The highest BCUT2D eigenvalue weighted by Gasteiger charge is 2.18. The number of fused-ring (bicyclic) bond motifs is 1. The molecule has 2 aromatic heterocycles. The second kappa shape index (κ2) is 6.53. The quantitative estimate of drug-likeness (QED) is 0.675. The van der Waals surface area contributed by atoms with Crippen LogP contribution in [0.3, 0.4) is 0 Å². The summed E-state index contributed by atoms with van der Waals surface area (Å²) in [5.41, 5.74) is 3.80. The Morgan fingerprint density at radius 3 is 2.67 bits per heavy atom. The molecule has 0 fully saturated rings. The number of rotatable bonds is 4. The number of methoxy groups -OCH3 is 2. The van der Waals surface area contributed by atoms with Crippen LogP contribution in [0.1, 0.15) is 5.69 Å². The molecule has 1 aromatic carbocycles. The second-order valence-corrected chi connectivity index (χ2v) is 5.81. The molecule has 0 atom stereocenters. The lowest BCUT2D eigenvalue weighted by atomic mass is 10.0. The minimum Gasteiger partial charge on any atom is -0.481 e. The lowest BCUT2D eigenvalue weighted by molar-refractivity contribution is -0.141. The lowest BCUT2D eigenvalue weighted by Gasteiger charge is -2.07. The zero-order chi connectivity index (χ0) is 17.3. The number of halogens is 1. The molecule has 5 nitrogen and oxygen atoms in total. The van der Waals surface area contributed by atoms with Gasteiger partial charge in [0.15, 0.2) is 0 Å². The summed E-state index contributed by atoms with van der Waals surface area (Å²) in [6.45, 7) is 2.11. The monoisotopic (exact) mass is 344 g/mol. The Morgan fingerprint density at radius 2 is 2.04 bits per heavy atom. The summed E-state index contributed by atoms with van der Waals surface area (Å²) in [7, 11) is 2.96. The summed E-state index contributed by atoms with van der Waals surface area (Å²) in [5, 5.41) is 1.61. The van der Waals surface area contributed by atoms with Crippen molar-refractivity contribution in [1.82, 2.24) is 9.55 Å². The van der Waals surface area contributed by atoms with Crippen LogP contribution in [0.15, 0.2) is 36.5 Å². The van der Waals surface area contributed by atoms with Gasteiger partial charge in [-0.15, -0.1) is 0 Å². The van der Waals surface area contributed by atoms with Crippen molar-refractivity contribution in [3.8, 4) is 17.0 Å². The molecule has 0 radical (unpaired) electrons. The van der Waals surface area contributed by atoms with E-state index in [1.54, 1.807) is 13.3 Å². The molecule has 0 aliphatic rings. The van der Waals surface area contributed by atoms with Crippen LogP contribution < -0.4 is 4.74 Å². The van der Waals surface area contributed by atoms with Crippen LogP contribution in [0.2, 0.25) is 5.02 Å². The van der Waals surface area contributed by atoms with Gasteiger partial charge in [0.25, 0.3) is 0 Å². The van der Waals surface area contributed by atoms with Gasteiger partial charge in [-0.05, 0) is 31.2 Å². The molecule has 6 heteroatoms. The molecule has 0 aliphatic carbocycles. The van der Waals surface area contributed by atoms with E-state index in [9.17, 15) is 4.79 Å². The number of hydrogen-bond acceptors (Lipinski definition) is 4. The van der Waals surface area contributed by atoms with Crippen LogP contribution in [0.5, 0.6) is 5.88 Å². The number of nitrogens with zero attached hydrogens (tertiary/aromatic N) is 2. The van der Waals surface area contributed by atoms with Gasteiger partial charge in [-0.1, -0.05) is 11.6 Å². The third-order valence-corrected chi connectivity index (χ3v) is 4.27. The first-order valence-corrected chi connectivity index (χ1v) is 7.78. The van der Waals surface area contributed by atoms with Crippen molar-refractivity contribution in [1.29, 1.82) is 0 Å². The normalized spacial score (nSPS) is 10.8. The van der Waals surface area contributed by atoms with Crippen LogP contribution in [0.4, 0.5) is 0 Å². The molecule has 124 valence electrons. The van der Waals surface area contributed by atoms with E-state index in [4.69, 9.17) is 21.1 Å². The van der Waals surface area contributed by atoms with Gasteiger partial charge < -0.3 is 14.0 Å². The summed E-state index contributed by atoms with van der Waals surface area (Å²) in [6, 6.07) is 9.37. The molecule has 0 bridgehead atoms. The first-order valence-electron chi connectivity index (χ1n) is 7.40. The van der Waals surface area contributed by atoms with Gasteiger partial charge in [-0.3, -0.25) is 4.79 Å². The molecule has 3 rings (SSSR count). The SMILES string of the molecule is COC(=O)Cn1c(C)c(-c2ccc(OC)nc2)c2cc(Cl)ccc21. The molecule has 2 heterocycles. The highest BCUT2D eigenvalue weighted by Crippen LogP contribution is 2.36. The first kappa shape index (κ1) is 16.3. The fraction of sp³-hybridized carbons (Fsp3) is 0.222. The van der Waals surface area contributed by atoms with Crippen LogP contribution in [0, 0.1) is 6.92 Å². The van der Waals surface area contributed by atoms with E-state index >= 15 is 0 Å². The standard InChI is InChI=1S/C18H17ClN2O3/c1-11-18(12-4-7-16(23-2)20-9-12)14-8-13(19)5-6-15(14)21(11)10-17(22)24-3/h4-9H,10H2,1-3H3. The van der Waals surface area contributed by atoms with Gasteiger partial charge >= 0.3 is 5.97 Å². The molecule has 0 N–H and O–H groups in total. The summed E-state index contributed by atoms with van der Waals surface area (Å²) in [4.78, 5) is 16.0. The van der Waals surface area contributed by atoms with Crippen molar-refractivity contribution < 1.29 is 14.3 Å². The third kappa shape index (κ3) is 2.83. The van der Waals surface area contributed by atoms with E-state index in [0.717, 1.165) is 27.7 Å². The Morgan fingerprint density at radius 1 is 1.25 bits per heavy atom. The number of aromatic nitrogens is 2. The van der Waals surface area contributed by atoms with Crippen LogP contribution in [-0.2, 0) is 16.1 Å². The van der Waals surface area contributed by atoms with E-state index in [0.29, 0.717) is 10.9 Å². The van der Waals surface area contributed by atoms with Crippen molar-refractivity contribution >= 4 is 28.5 Å². The second-order valence-electron chi connectivity index (χ2n) is 5.37. The number of ether oxygens (including phenoxy) is 2. The molecule has 0 saturated carbocycles. The Kier molecular flexibility index (Phi) is 4.44. The van der Waals surface area contributed by atoms with Gasteiger partial charge in [0.05, 0.1) is 14.2 Å². The summed E-state index contributed by atoms with van der Waals surface area (Å²) in [6.07, 6.45) is 1.75. The van der Waals surface area contributed by atoms with Crippen LogP contribution in [-0.4, -0.2) is 29.7 Å². The van der Waals surface area contributed by atoms with Crippen LogP contribution in [0.25, 0.3) is 22.0 Å². The predicted molar refractivity (Wildman–Crippen MR) is 93.5 cm³/mol. The average molecular weight is 345 g/mol. The summed E-state index contributed by atoms with van der Waals surface area (Å²) >= 11 is 6.18. The molecule has 3 aromatic rings. The Bertz CT molecular complexity index is 901. The van der Waals surface area contributed by atoms with Crippen molar-refractivity contribution in [3.63, 3.8) is 0 Å². The van der Waals surface area contributed by atoms with E-state index in [-0.39, 0.29) is 12.5 Å². The number of pyridine rings is 1. The van der Waals surface area contributed by atoms with E-state index < -0.39 is 0 Å². The maximum absolute atomic E-state index is 11.8. The molecule has 24 heavy (non-hydrogen) atoms. The zero-order valence-corrected chi connectivity index (χ0v) is 14.4. The Balaban J connectivity index is 2.23. The minimum atomic E-state index is -0.302. The number of benzene rings is 1. The molecule has 0 saturated heterocycles. The topological polar surface area (TPSA) is 53.4 Å². The fourth-order valence-corrected chi connectivity index (χ4v) is 3.04. The van der Waals surface area contributed by atoms with Gasteiger partial charge in [-0.2, -0.15) is 0 Å². The molecule has 0 spiro atoms. The van der Waals surface area contributed by atoms with Crippen LogP contribution >= 0.6 is 11.6 Å². The predicted octanol–water partition coefficient (Wildman–Crippen LogP) is 3.85. The fourth-order valence-electron chi connectivity index (χ4n) is 2.87. The molecule has 0 unspecified atom stereocenters. The van der Waals surface area contributed by atoms with E-state index in [1.165, 1.54) is 7.11 Å². The van der Waals surface area contributed by atoms with Gasteiger partial charge in [0.1, 0.15) is 6.54 Å². The number of carbonyl (C=O) groups is 1. The number of hydrogen-bond donors (Lipinski definition) is 0. The Hall–Kier alpha value is -2.53. The summed E-state index contributed by atoms with van der Waals surface area (Å²) < 4.78 is 11.9.